The van der Waals surface area contributed by atoms with Gasteiger partial charge in [-0.3, -0.25) is 0 Å². The van der Waals surface area contributed by atoms with E-state index in [1.807, 2.05) is 19.9 Å². The molecule has 1 N–H and O–H groups in total. The minimum atomic E-state index is 0.991. The van der Waals surface area contributed by atoms with Crippen LogP contribution in [0, 0.1) is 0 Å². The van der Waals surface area contributed by atoms with Gasteiger partial charge in [0.15, 0.2) is 0 Å². The molecule has 0 spiro atoms. The molecule has 0 heterocycles. The summed E-state index contributed by atoms with van der Waals surface area (Å²) in [6, 6.07) is 0. The predicted molar refractivity (Wildman–Crippen MR) is 55.8 cm³/mol. The van der Waals surface area contributed by atoms with Crippen LogP contribution in [-0.2, 0) is 0 Å². The fraction of sp³-hybridized carbons (Fsp3) is 0.455. The molecule has 0 aromatic carbocycles. The maximum Gasteiger partial charge on any atom is 0.0337 e. The first-order chi connectivity index (χ1) is 5.49. The third-order valence-corrected chi connectivity index (χ3v) is 1.98. The normalized spacial score (nSPS) is 10.9. The van der Waals surface area contributed by atoms with Gasteiger partial charge < -0.3 is 5.32 Å². The Hall–Kier alpha value is -0.980. The van der Waals surface area contributed by atoms with Crippen molar-refractivity contribution in [3.63, 3.8) is 0 Å². The number of rotatable bonds is 3. The zero-order valence-corrected chi connectivity index (χ0v) is 8.78. The Labute approximate surface area is 75.9 Å². The molecule has 12 heavy (non-hydrogen) atoms. The highest BCUT2D eigenvalue weighted by Gasteiger charge is 1.97. The summed E-state index contributed by atoms with van der Waals surface area (Å²) in [5.41, 5.74) is 4.67. The highest BCUT2D eigenvalue weighted by molar-refractivity contribution is 5.30. The molecule has 0 atom stereocenters. The highest BCUT2D eigenvalue weighted by atomic mass is 14.9. The third-order valence-electron chi connectivity index (χ3n) is 1.98. The second kappa shape index (κ2) is 4.81. The summed E-state index contributed by atoms with van der Waals surface area (Å²) in [5.74, 6) is 0. The third kappa shape index (κ3) is 3.42. The zero-order chi connectivity index (χ0) is 9.72. The second-order valence-electron chi connectivity index (χ2n) is 3.20. The van der Waals surface area contributed by atoms with Crippen LogP contribution in [0.15, 0.2) is 35.2 Å². The molecule has 0 aromatic heterocycles. The first-order valence-corrected chi connectivity index (χ1v) is 4.22. The van der Waals surface area contributed by atoms with E-state index in [4.69, 9.17) is 0 Å². The van der Waals surface area contributed by atoms with Gasteiger partial charge in [-0.05, 0) is 40.2 Å². The SMILES string of the molecule is C=C(NC(C)=CC)C(C)=C(C)C. The van der Waals surface area contributed by atoms with Gasteiger partial charge in [0, 0.05) is 11.4 Å². The first-order valence-electron chi connectivity index (χ1n) is 4.22. The maximum atomic E-state index is 3.95. The summed E-state index contributed by atoms with van der Waals surface area (Å²) < 4.78 is 0. The van der Waals surface area contributed by atoms with Gasteiger partial charge in [-0.2, -0.15) is 0 Å². The van der Waals surface area contributed by atoms with Crippen molar-refractivity contribution in [2.45, 2.75) is 34.6 Å². The Kier molecular flexibility index (Phi) is 4.42. The van der Waals surface area contributed by atoms with Gasteiger partial charge in [0.1, 0.15) is 0 Å². The molecule has 0 aliphatic heterocycles. The molecular formula is C11H19N. The summed E-state index contributed by atoms with van der Waals surface area (Å²) >= 11 is 0. The molecule has 0 aromatic rings. The van der Waals surface area contributed by atoms with Crippen LogP contribution in [0.25, 0.3) is 0 Å². The fourth-order valence-corrected chi connectivity index (χ4v) is 0.706. The number of allylic oxidation sites excluding steroid dienone is 4. The Morgan fingerprint density at radius 3 is 2.00 bits per heavy atom. The van der Waals surface area contributed by atoms with Crippen LogP contribution in [0.3, 0.4) is 0 Å². The van der Waals surface area contributed by atoms with Crippen molar-refractivity contribution in [2.24, 2.45) is 0 Å². The maximum absolute atomic E-state index is 3.95. The molecule has 0 saturated heterocycles. The van der Waals surface area contributed by atoms with Crippen molar-refractivity contribution in [2.75, 3.05) is 0 Å². The molecule has 1 heteroatoms. The topological polar surface area (TPSA) is 12.0 Å². The molecule has 1 nitrogen and oxygen atoms in total. The van der Waals surface area contributed by atoms with E-state index in [2.05, 4.69) is 32.7 Å². The minimum Gasteiger partial charge on any atom is -0.360 e. The summed E-state index contributed by atoms with van der Waals surface area (Å²) in [4.78, 5) is 0. The Morgan fingerprint density at radius 1 is 1.17 bits per heavy atom. The summed E-state index contributed by atoms with van der Waals surface area (Å²) in [6.07, 6.45) is 2.03. The van der Waals surface area contributed by atoms with Crippen LogP contribution in [0.5, 0.6) is 0 Å². The molecule has 0 rings (SSSR count). The summed E-state index contributed by atoms with van der Waals surface area (Å²) in [5, 5.41) is 3.22. The minimum absolute atomic E-state index is 0.991. The van der Waals surface area contributed by atoms with Crippen LogP contribution in [0.1, 0.15) is 34.6 Å². The van der Waals surface area contributed by atoms with Crippen molar-refractivity contribution in [1.29, 1.82) is 0 Å². The van der Waals surface area contributed by atoms with E-state index in [9.17, 15) is 0 Å². The van der Waals surface area contributed by atoms with Crippen molar-refractivity contribution >= 4 is 0 Å². The largest absolute Gasteiger partial charge is 0.360 e. The Balaban J connectivity index is 4.35. The van der Waals surface area contributed by atoms with Crippen molar-refractivity contribution in [3.05, 3.63) is 35.2 Å². The van der Waals surface area contributed by atoms with Crippen molar-refractivity contribution in [3.8, 4) is 0 Å². The molecule has 0 amide bonds. The molecule has 0 aliphatic rings. The smallest absolute Gasteiger partial charge is 0.0337 e. The lowest BCUT2D eigenvalue weighted by Crippen LogP contribution is -2.10. The van der Waals surface area contributed by atoms with E-state index in [1.54, 1.807) is 0 Å². The highest BCUT2D eigenvalue weighted by Crippen LogP contribution is 2.10. The van der Waals surface area contributed by atoms with Crippen molar-refractivity contribution in [1.82, 2.24) is 5.32 Å². The van der Waals surface area contributed by atoms with Crippen LogP contribution in [-0.4, -0.2) is 0 Å². The van der Waals surface area contributed by atoms with Crippen LogP contribution >= 0.6 is 0 Å². The monoisotopic (exact) mass is 165 g/mol. The molecule has 0 radical (unpaired) electrons. The van der Waals surface area contributed by atoms with E-state index in [1.165, 1.54) is 11.1 Å². The molecule has 0 bridgehead atoms. The van der Waals surface area contributed by atoms with Gasteiger partial charge in [0.25, 0.3) is 0 Å². The average molecular weight is 165 g/mol. The standard InChI is InChI=1S/C11H19N/c1-7-9(4)12-11(6)10(5)8(2)3/h7,12H,6H2,1-5H3. The van der Waals surface area contributed by atoms with E-state index >= 15 is 0 Å². The predicted octanol–water partition coefficient (Wildman–Crippen LogP) is 3.37. The lowest BCUT2D eigenvalue weighted by molar-refractivity contribution is 0.967. The first kappa shape index (κ1) is 11.0. The Bertz CT molecular complexity index is 227. The van der Waals surface area contributed by atoms with Gasteiger partial charge >= 0.3 is 0 Å². The van der Waals surface area contributed by atoms with Gasteiger partial charge in [0.05, 0.1) is 0 Å². The summed E-state index contributed by atoms with van der Waals surface area (Å²) in [6.45, 7) is 14.3. The van der Waals surface area contributed by atoms with Crippen LogP contribution < -0.4 is 5.32 Å². The van der Waals surface area contributed by atoms with Gasteiger partial charge in [-0.25, -0.2) is 0 Å². The Morgan fingerprint density at radius 2 is 1.67 bits per heavy atom. The molecule has 68 valence electrons. The average Bonchev–Trinajstić information content (AvgIpc) is 2.02. The lowest BCUT2D eigenvalue weighted by Gasteiger charge is -2.11. The fourth-order valence-electron chi connectivity index (χ4n) is 0.706. The van der Waals surface area contributed by atoms with Gasteiger partial charge in [-0.1, -0.05) is 18.2 Å². The summed E-state index contributed by atoms with van der Waals surface area (Å²) in [7, 11) is 0. The number of nitrogens with one attached hydrogen (secondary N) is 1. The molecular weight excluding hydrogens is 146 g/mol. The molecule has 0 fully saturated rings. The van der Waals surface area contributed by atoms with Crippen molar-refractivity contribution < 1.29 is 0 Å². The number of hydrogen-bond donors (Lipinski definition) is 1. The molecule has 0 saturated carbocycles. The van der Waals surface area contributed by atoms with E-state index in [0.29, 0.717) is 0 Å². The quantitative estimate of drug-likeness (QED) is 0.632. The second-order valence-corrected chi connectivity index (χ2v) is 3.20. The van der Waals surface area contributed by atoms with Crippen LogP contribution in [0.4, 0.5) is 0 Å². The van der Waals surface area contributed by atoms with Gasteiger partial charge in [0.2, 0.25) is 0 Å². The number of hydrogen-bond acceptors (Lipinski definition) is 1. The van der Waals surface area contributed by atoms with Crippen LogP contribution in [0.2, 0.25) is 0 Å². The molecule has 0 unspecified atom stereocenters. The zero-order valence-electron chi connectivity index (χ0n) is 8.78. The van der Waals surface area contributed by atoms with Gasteiger partial charge in [-0.15, -0.1) is 0 Å². The van der Waals surface area contributed by atoms with E-state index in [-0.39, 0.29) is 0 Å². The lowest BCUT2D eigenvalue weighted by atomic mass is 10.1. The molecule has 0 aliphatic carbocycles. The van der Waals surface area contributed by atoms with E-state index < -0.39 is 0 Å². The van der Waals surface area contributed by atoms with E-state index in [0.717, 1.165) is 11.4 Å².